The van der Waals surface area contributed by atoms with Gasteiger partial charge in [-0.1, -0.05) is 37.3 Å². The summed E-state index contributed by atoms with van der Waals surface area (Å²) in [5, 5.41) is 6.56. The Bertz CT molecular complexity index is 692. The third kappa shape index (κ3) is 7.38. The van der Waals surface area contributed by atoms with Gasteiger partial charge >= 0.3 is 0 Å². The van der Waals surface area contributed by atoms with Crippen LogP contribution in [0, 0.1) is 0 Å². The third-order valence-corrected chi connectivity index (χ3v) is 5.53. The zero-order valence-corrected chi connectivity index (χ0v) is 20.0. The van der Waals surface area contributed by atoms with E-state index in [4.69, 9.17) is 4.74 Å². The van der Waals surface area contributed by atoms with Gasteiger partial charge in [-0.05, 0) is 24.8 Å². The Hall–Kier alpha value is -1.19. The molecule has 0 aliphatic rings. The van der Waals surface area contributed by atoms with Gasteiger partial charge in [0.05, 0.1) is 12.2 Å². The second-order valence-electron chi connectivity index (χ2n) is 6.49. The molecule has 0 saturated carbocycles. The molecule has 1 heterocycles. The Morgan fingerprint density at radius 2 is 2.00 bits per heavy atom. The van der Waals surface area contributed by atoms with Crippen molar-refractivity contribution >= 4 is 41.3 Å². The number of methoxy groups -OCH3 is 1. The average Bonchev–Trinajstić information content (AvgIpc) is 3.13. The number of aliphatic imine (C=N–C) groups is 1. The summed E-state index contributed by atoms with van der Waals surface area (Å²) in [5.41, 5.74) is 2.41. The maximum Gasteiger partial charge on any atom is 0.193 e. The number of benzene rings is 1. The number of hydrogen-bond acceptors (Lipinski definition) is 4. The Labute approximate surface area is 184 Å². The number of nitrogens with zero attached hydrogens (tertiary/aromatic N) is 3. The summed E-state index contributed by atoms with van der Waals surface area (Å²) in [4.78, 5) is 11.1. The van der Waals surface area contributed by atoms with E-state index in [1.54, 1.807) is 18.4 Å². The van der Waals surface area contributed by atoms with Gasteiger partial charge in [0.15, 0.2) is 5.96 Å². The molecule has 2 rings (SSSR count). The van der Waals surface area contributed by atoms with E-state index >= 15 is 0 Å². The molecule has 0 amide bonds. The van der Waals surface area contributed by atoms with Crippen molar-refractivity contribution in [1.29, 1.82) is 0 Å². The first-order valence-corrected chi connectivity index (χ1v) is 9.87. The number of thiazole rings is 1. The van der Waals surface area contributed by atoms with Crippen LogP contribution >= 0.6 is 35.3 Å². The number of guanidine groups is 1. The fourth-order valence-electron chi connectivity index (χ4n) is 2.73. The van der Waals surface area contributed by atoms with Crippen molar-refractivity contribution < 1.29 is 4.74 Å². The van der Waals surface area contributed by atoms with Crippen LogP contribution in [0.1, 0.15) is 48.6 Å². The molecule has 5 nitrogen and oxygen atoms in total. The number of hydrogen-bond donors (Lipinski definition) is 1. The first-order chi connectivity index (χ1) is 12.5. The first-order valence-electron chi connectivity index (χ1n) is 8.99. The monoisotopic (exact) mass is 502 g/mol. The molecule has 1 aromatic heterocycles. The zero-order chi connectivity index (χ0) is 18.9. The molecule has 0 saturated heterocycles. The van der Waals surface area contributed by atoms with Gasteiger partial charge in [0.2, 0.25) is 0 Å². The number of aromatic nitrogens is 1. The topological polar surface area (TPSA) is 49.8 Å². The van der Waals surface area contributed by atoms with Gasteiger partial charge in [-0.25, -0.2) is 4.98 Å². The molecule has 0 aliphatic carbocycles. The predicted octanol–water partition coefficient (Wildman–Crippen LogP) is 4.67. The van der Waals surface area contributed by atoms with Crippen LogP contribution in [-0.4, -0.2) is 43.6 Å². The summed E-state index contributed by atoms with van der Waals surface area (Å²) in [5.74, 6) is 1.41. The fourth-order valence-corrected chi connectivity index (χ4v) is 3.58. The highest BCUT2D eigenvalue weighted by molar-refractivity contribution is 14.0. The van der Waals surface area contributed by atoms with Crippen molar-refractivity contribution in [3.63, 3.8) is 0 Å². The van der Waals surface area contributed by atoms with E-state index < -0.39 is 0 Å². The smallest absolute Gasteiger partial charge is 0.193 e. The molecule has 0 spiro atoms. The highest BCUT2D eigenvalue weighted by Gasteiger charge is 2.13. The van der Waals surface area contributed by atoms with Crippen LogP contribution in [0.2, 0.25) is 0 Å². The Morgan fingerprint density at radius 3 is 2.63 bits per heavy atom. The molecule has 1 N–H and O–H groups in total. The lowest BCUT2D eigenvalue weighted by Gasteiger charge is -2.22. The van der Waals surface area contributed by atoms with E-state index in [0.717, 1.165) is 36.2 Å². The molecular weight excluding hydrogens is 471 g/mol. The lowest BCUT2D eigenvalue weighted by Crippen LogP contribution is -2.39. The Morgan fingerprint density at radius 1 is 1.30 bits per heavy atom. The quantitative estimate of drug-likeness (QED) is 0.324. The molecule has 27 heavy (non-hydrogen) atoms. The van der Waals surface area contributed by atoms with Crippen molar-refractivity contribution in [1.82, 2.24) is 15.2 Å². The second-order valence-corrected chi connectivity index (χ2v) is 7.38. The van der Waals surface area contributed by atoms with Gasteiger partial charge in [0.1, 0.15) is 11.1 Å². The van der Waals surface area contributed by atoms with Gasteiger partial charge in [-0.3, -0.25) is 4.99 Å². The number of halogens is 1. The lowest BCUT2D eigenvalue weighted by atomic mass is 9.98. The van der Waals surface area contributed by atoms with Crippen LogP contribution < -0.4 is 5.32 Å². The van der Waals surface area contributed by atoms with Crippen molar-refractivity contribution in [2.24, 2.45) is 4.99 Å². The molecule has 2 aromatic rings. The SMILES string of the molecule is CN=C(NCCC(C)c1ccccc1)N(C)Cc1csc(C(C)OC)n1.I. The number of ether oxygens (including phenoxy) is 1. The van der Waals surface area contributed by atoms with Crippen LogP contribution in [0.25, 0.3) is 0 Å². The summed E-state index contributed by atoms with van der Waals surface area (Å²) in [6.07, 6.45) is 1.10. The summed E-state index contributed by atoms with van der Waals surface area (Å²) in [6, 6.07) is 10.6. The van der Waals surface area contributed by atoms with Crippen molar-refractivity contribution in [3.8, 4) is 0 Å². The zero-order valence-electron chi connectivity index (χ0n) is 16.8. The second kappa shape index (κ2) is 12.3. The largest absolute Gasteiger partial charge is 0.375 e. The summed E-state index contributed by atoms with van der Waals surface area (Å²) >= 11 is 1.64. The van der Waals surface area contributed by atoms with Gasteiger partial charge < -0.3 is 15.0 Å². The first kappa shape index (κ1) is 23.8. The van der Waals surface area contributed by atoms with Crippen molar-refractivity contribution in [2.45, 2.75) is 38.8 Å². The van der Waals surface area contributed by atoms with Crippen LogP contribution in [0.4, 0.5) is 0 Å². The number of nitrogens with one attached hydrogen (secondary N) is 1. The predicted molar refractivity (Wildman–Crippen MR) is 125 cm³/mol. The maximum absolute atomic E-state index is 5.33. The van der Waals surface area contributed by atoms with E-state index in [1.807, 2.05) is 21.0 Å². The standard InChI is InChI=1S/C20H30N4OS.HI/c1-15(17-9-7-6-8-10-17)11-12-22-20(21-3)24(4)13-18-14-26-19(23-18)16(2)25-5;/h6-10,14-16H,11-13H2,1-5H3,(H,21,22);1H. The third-order valence-electron chi connectivity index (χ3n) is 4.47. The van der Waals surface area contributed by atoms with Crippen LogP contribution in [0.3, 0.4) is 0 Å². The minimum atomic E-state index is 0. The fraction of sp³-hybridized carbons (Fsp3) is 0.500. The summed E-state index contributed by atoms with van der Waals surface area (Å²) < 4.78 is 5.33. The molecule has 7 heteroatoms. The molecular formula is C20H31IN4OS. The molecule has 1 aromatic carbocycles. The molecule has 0 fully saturated rings. The van der Waals surface area contributed by atoms with Gasteiger partial charge in [-0.15, -0.1) is 35.3 Å². The van der Waals surface area contributed by atoms with E-state index in [2.05, 4.69) is 62.8 Å². The lowest BCUT2D eigenvalue weighted by molar-refractivity contribution is 0.119. The summed E-state index contributed by atoms with van der Waals surface area (Å²) in [7, 11) is 5.56. The minimum absolute atomic E-state index is 0. The molecule has 2 unspecified atom stereocenters. The van der Waals surface area contributed by atoms with E-state index in [1.165, 1.54) is 5.56 Å². The van der Waals surface area contributed by atoms with Crippen LogP contribution in [0.5, 0.6) is 0 Å². The van der Waals surface area contributed by atoms with E-state index in [9.17, 15) is 0 Å². The summed E-state index contributed by atoms with van der Waals surface area (Å²) in [6.45, 7) is 5.88. The van der Waals surface area contributed by atoms with Gasteiger partial charge in [0, 0.05) is 33.1 Å². The van der Waals surface area contributed by atoms with Crippen LogP contribution in [-0.2, 0) is 11.3 Å². The highest BCUT2D eigenvalue weighted by Crippen LogP contribution is 2.21. The van der Waals surface area contributed by atoms with Crippen molar-refractivity contribution in [2.75, 3.05) is 27.7 Å². The molecule has 0 aliphatic heterocycles. The van der Waals surface area contributed by atoms with Crippen LogP contribution in [0.15, 0.2) is 40.7 Å². The van der Waals surface area contributed by atoms with E-state index in [0.29, 0.717) is 5.92 Å². The normalized spacial score (nSPS) is 13.6. The Kier molecular flexibility index (Phi) is 10.9. The molecule has 150 valence electrons. The maximum atomic E-state index is 5.33. The molecule has 2 atom stereocenters. The molecule has 0 radical (unpaired) electrons. The minimum Gasteiger partial charge on any atom is -0.375 e. The number of rotatable bonds is 8. The average molecular weight is 502 g/mol. The van der Waals surface area contributed by atoms with Gasteiger partial charge in [0.25, 0.3) is 0 Å². The van der Waals surface area contributed by atoms with Crippen molar-refractivity contribution in [3.05, 3.63) is 52.0 Å². The highest BCUT2D eigenvalue weighted by atomic mass is 127. The molecule has 0 bridgehead atoms. The Balaban J connectivity index is 0.00000364. The van der Waals surface area contributed by atoms with E-state index in [-0.39, 0.29) is 30.1 Å². The van der Waals surface area contributed by atoms with Gasteiger partial charge in [-0.2, -0.15) is 0 Å².